The van der Waals surface area contributed by atoms with Gasteiger partial charge in [0.15, 0.2) is 11.5 Å². The van der Waals surface area contributed by atoms with E-state index >= 15 is 0 Å². The summed E-state index contributed by atoms with van der Waals surface area (Å²) in [6.07, 6.45) is 1.03. The van der Waals surface area contributed by atoms with Crippen molar-refractivity contribution in [1.29, 1.82) is 0 Å². The monoisotopic (exact) mass is 270 g/mol. The van der Waals surface area contributed by atoms with E-state index in [2.05, 4.69) is 0 Å². The molecule has 0 atom stereocenters. The molecular formula is C17H18O3. The standard InChI is InChI=1S/C17H18O3/c1-13-7-3-4-8-14(13)11-12-17(18)20-16-10-6-5-9-15(16)19-2/h3-10H,11-12H2,1-2H3. The van der Waals surface area contributed by atoms with Crippen LogP contribution in [-0.2, 0) is 11.2 Å². The van der Waals surface area contributed by atoms with Crippen molar-refractivity contribution in [3.05, 3.63) is 59.7 Å². The summed E-state index contributed by atoms with van der Waals surface area (Å²) in [5.41, 5.74) is 2.36. The summed E-state index contributed by atoms with van der Waals surface area (Å²) in [4.78, 5) is 11.9. The summed E-state index contributed by atoms with van der Waals surface area (Å²) in [7, 11) is 1.56. The Morgan fingerprint density at radius 3 is 2.35 bits per heavy atom. The number of methoxy groups -OCH3 is 1. The fourth-order valence-electron chi connectivity index (χ4n) is 2.00. The highest BCUT2D eigenvalue weighted by Gasteiger charge is 2.10. The molecule has 104 valence electrons. The van der Waals surface area contributed by atoms with Gasteiger partial charge in [0, 0.05) is 6.42 Å². The third-order valence-electron chi connectivity index (χ3n) is 3.15. The lowest BCUT2D eigenvalue weighted by Gasteiger charge is -2.09. The average Bonchev–Trinajstić information content (AvgIpc) is 2.47. The first-order valence-electron chi connectivity index (χ1n) is 6.59. The molecule has 2 aromatic rings. The predicted octanol–water partition coefficient (Wildman–Crippen LogP) is 3.54. The summed E-state index contributed by atoms with van der Waals surface area (Å²) >= 11 is 0. The van der Waals surface area contributed by atoms with E-state index in [9.17, 15) is 4.79 Å². The van der Waals surface area contributed by atoms with Gasteiger partial charge in [0.25, 0.3) is 0 Å². The van der Waals surface area contributed by atoms with Crippen LogP contribution in [0.2, 0.25) is 0 Å². The zero-order valence-electron chi connectivity index (χ0n) is 11.8. The molecule has 0 fully saturated rings. The second kappa shape index (κ2) is 6.75. The molecule has 0 saturated carbocycles. The second-order valence-electron chi connectivity index (χ2n) is 4.55. The topological polar surface area (TPSA) is 35.5 Å². The highest BCUT2D eigenvalue weighted by Crippen LogP contribution is 2.26. The molecule has 0 heterocycles. The van der Waals surface area contributed by atoms with E-state index in [0.29, 0.717) is 24.3 Å². The number of carbonyl (C=O) groups excluding carboxylic acids is 1. The summed E-state index contributed by atoms with van der Waals surface area (Å²) < 4.78 is 10.5. The van der Waals surface area contributed by atoms with Gasteiger partial charge in [-0.2, -0.15) is 0 Å². The van der Waals surface area contributed by atoms with Crippen LogP contribution in [0.15, 0.2) is 48.5 Å². The molecule has 0 aliphatic carbocycles. The Morgan fingerprint density at radius 1 is 1.00 bits per heavy atom. The van der Waals surface area contributed by atoms with Crippen molar-refractivity contribution < 1.29 is 14.3 Å². The predicted molar refractivity (Wildman–Crippen MR) is 78.1 cm³/mol. The van der Waals surface area contributed by atoms with Gasteiger partial charge in [-0.25, -0.2) is 0 Å². The average molecular weight is 270 g/mol. The number of benzene rings is 2. The van der Waals surface area contributed by atoms with Crippen LogP contribution in [-0.4, -0.2) is 13.1 Å². The number of para-hydroxylation sites is 2. The summed E-state index contributed by atoms with van der Waals surface area (Å²) in [6, 6.07) is 15.2. The van der Waals surface area contributed by atoms with Crippen LogP contribution < -0.4 is 9.47 Å². The molecule has 0 N–H and O–H groups in total. The van der Waals surface area contributed by atoms with Crippen molar-refractivity contribution >= 4 is 5.97 Å². The van der Waals surface area contributed by atoms with Crippen molar-refractivity contribution in [2.24, 2.45) is 0 Å². The number of carbonyl (C=O) groups is 1. The molecule has 0 saturated heterocycles. The Labute approximate surface area is 119 Å². The number of rotatable bonds is 5. The summed E-state index contributed by atoms with van der Waals surface area (Å²) in [6.45, 7) is 2.04. The molecule has 0 aliphatic heterocycles. The molecule has 0 aromatic heterocycles. The Balaban J connectivity index is 1.95. The lowest BCUT2D eigenvalue weighted by atomic mass is 10.0. The van der Waals surface area contributed by atoms with E-state index in [-0.39, 0.29) is 5.97 Å². The van der Waals surface area contributed by atoms with Crippen LogP contribution in [0.4, 0.5) is 0 Å². The van der Waals surface area contributed by atoms with Gasteiger partial charge < -0.3 is 9.47 Å². The Kier molecular flexibility index (Phi) is 4.77. The Hall–Kier alpha value is -2.29. The first-order valence-corrected chi connectivity index (χ1v) is 6.59. The van der Waals surface area contributed by atoms with E-state index in [4.69, 9.17) is 9.47 Å². The van der Waals surface area contributed by atoms with Gasteiger partial charge in [-0.1, -0.05) is 36.4 Å². The van der Waals surface area contributed by atoms with Crippen LogP contribution in [0.25, 0.3) is 0 Å². The minimum Gasteiger partial charge on any atom is -0.493 e. The first kappa shape index (κ1) is 14.1. The van der Waals surface area contributed by atoms with Crippen molar-refractivity contribution in [2.75, 3.05) is 7.11 Å². The molecule has 0 aliphatic rings. The van der Waals surface area contributed by atoms with E-state index < -0.39 is 0 Å². The minimum atomic E-state index is -0.252. The van der Waals surface area contributed by atoms with Gasteiger partial charge in [-0.15, -0.1) is 0 Å². The molecule has 0 spiro atoms. The number of hydrogen-bond acceptors (Lipinski definition) is 3. The summed E-state index contributed by atoms with van der Waals surface area (Å²) in [5, 5.41) is 0. The molecule has 2 rings (SSSR count). The van der Waals surface area contributed by atoms with E-state index in [0.717, 1.165) is 0 Å². The van der Waals surface area contributed by atoms with E-state index in [1.807, 2.05) is 43.3 Å². The molecule has 3 heteroatoms. The lowest BCUT2D eigenvalue weighted by molar-refractivity contribution is -0.134. The van der Waals surface area contributed by atoms with E-state index in [1.54, 1.807) is 19.2 Å². The van der Waals surface area contributed by atoms with Crippen LogP contribution in [0.3, 0.4) is 0 Å². The van der Waals surface area contributed by atoms with Gasteiger partial charge >= 0.3 is 5.97 Å². The van der Waals surface area contributed by atoms with Crippen LogP contribution in [0.1, 0.15) is 17.5 Å². The fraction of sp³-hybridized carbons (Fsp3) is 0.235. The normalized spacial score (nSPS) is 10.1. The van der Waals surface area contributed by atoms with Crippen molar-refractivity contribution in [2.45, 2.75) is 19.8 Å². The number of ether oxygens (including phenoxy) is 2. The van der Waals surface area contributed by atoms with Crippen molar-refractivity contribution in [1.82, 2.24) is 0 Å². The van der Waals surface area contributed by atoms with Gasteiger partial charge in [-0.3, -0.25) is 4.79 Å². The maximum Gasteiger partial charge on any atom is 0.311 e. The molecule has 0 bridgehead atoms. The molecule has 3 nitrogen and oxygen atoms in total. The molecule has 0 unspecified atom stereocenters. The van der Waals surface area contributed by atoms with Crippen LogP contribution in [0, 0.1) is 6.92 Å². The molecule has 0 radical (unpaired) electrons. The first-order chi connectivity index (χ1) is 9.70. The SMILES string of the molecule is COc1ccccc1OC(=O)CCc1ccccc1C. The quantitative estimate of drug-likeness (QED) is 0.615. The van der Waals surface area contributed by atoms with Gasteiger partial charge in [0.1, 0.15) is 0 Å². The third-order valence-corrected chi connectivity index (χ3v) is 3.15. The van der Waals surface area contributed by atoms with Crippen LogP contribution in [0.5, 0.6) is 11.5 Å². The third kappa shape index (κ3) is 3.60. The molecule has 0 amide bonds. The molecule has 2 aromatic carbocycles. The smallest absolute Gasteiger partial charge is 0.311 e. The number of hydrogen-bond donors (Lipinski definition) is 0. The fourth-order valence-corrected chi connectivity index (χ4v) is 2.00. The van der Waals surface area contributed by atoms with Gasteiger partial charge in [-0.05, 0) is 36.6 Å². The van der Waals surface area contributed by atoms with E-state index in [1.165, 1.54) is 11.1 Å². The zero-order valence-corrected chi connectivity index (χ0v) is 11.8. The Bertz CT molecular complexity index is 590. The largest absolute Gasteiger partial charge is 0.493 e. The number of esters is 1. The maximum atomic E-state index is 11.9. The van der Waals surface area contributed by atoms with Gasteiger partial charge in [0.2, 0.25) is 0 Å². The van der Waals surface area contributed by atoms with Crippen LogP contribution >= 0.6 is 0 Å². The minimum absolute atomic E-state index is 0.252. The summed E-state index contributed by atoms with van der Waals surface area (Å²) in [5.74, 6) is 0.777. The van der Waals surface area contributed by atoms with Gasteiger partial charge in [0.05, 0.1) is 7.11 Å². The number of aryl methyl sites for hydroxylation is 2. The highest BCUT2D eigenvalue weighted by molar-refractivity contribution is 5.73. The molecule has 20 heavy (non-hydrogen) atoms. The highest BCUT2D eigenvalue weighted by atomic mass is 16.6. The van der Waals surface area contributed by atoms with Crippen molar-refractivity contribution in [3.63, 3.8) is 0 Å². The lowest BCUT2D eigenvalue weighted by Crippen LogP contribution is -2.10. The van der Waals surface area contributed by atoms with Crippen molar-refractivity contribution in [3.8, 4) is 11.5 Å². The second-order valence-corrected chi connectivity index (χ2v) is 4.55. The zero-order chi connectivity index (χ0) is 14.4. The molecular weight excluding hydrogens is 252 g/mol. The maximum absolute atomic E-state index is 11.9. The Morgan fingerprint density at radius 2 is 1.65 bits per heavy atom.